The van der Waals surface area contributed by atoms with Gasteiger partial charge in [-0.15, -0.1) is 0 Å². The Morgan fingerprint density at radius 3 is 2.85 bits per heavy atom. The van der Waals surface area contributed by atoms with Gasteiger partial charge in [0.15, 0.2) is 0 Å². The third-order valence-corrected chi connectivity index (χ3v) is 5.35. The zero-order valence-electron chi connectivity index (χ0n) is 14.2. The van der Waals surface area contributed by atoms with Crippen molar-refractivity contribution >= 4 is 28.3 Å². The van der Waals surface area contributed by atoms with E-state index in [-0.39, 0.29) is 38.1 Å². The number of H-pyrrole nitrogens is 1. The molecule has 1 saturated carbocycles. The molecule has 0 radical (unpaired) electrons. The number of carbonyl (C=O) groups excluding carboxylic acids is 2. The van der Waals surface area contributed by atoms with Gasteiger partial charge in [0.25, 0.3) is 5.91 Å². The minimum absolute atomic E-state index is 0.0923. The second-order valence-electron chi connectivity index (χ2n) is 6.93. The fourth-order valence-corrected chi connectivity index (χ4v) is 3.85. The van der Waals surface area contributed by atoms with Gasteiger partial charge in [0, 0.05) is 49.6 Å². The van der Waals surface area contributed by atoms with Crippen molar-refractivity contribution < 1.29 is 18.4 Å². The Labute approximate surface area is 149 Å². The molecule has 1 fully saturated rings. The Morgan fingerprint density at radius 1 is 1.31 bits per heavy atom. The lowest BCUT2D eigenvalue weighted by molar-refractivity contribution is -0.165. The number of nitrogens with zero attached hydrogens (tertiary/aromatic N) is 2. The highest BCUT2D eigenvalue weighted by Crippen LogP contribution is 2.38. The molecule has 4 rings (SSSR count). The summed E-state index contributed by atoms with van der Waals surface area (Å²) in [6, 6.07) is 3.83. The van der Waals surface area contributed by atoms with Crippen molar-refractivity contribution in [2.75, 3.05) is 13.1 Å². The van der Waals surface area contributed by atoms with Gasteiger partial charge in [0.2, 0.25) is 0 Å². The summed E-state index contributed by atoms with van der Waals surface area (Å²) in [6.45, 7) is 0.397. The van der Waals surface area contributed by atoms with Crippen molar-refractivity contribution in [3.05, 3.63) is 36.2 Å². The molecule has 0 saturated heterocycles. The average Bonchev–Trinajstić information content (AvgIpc) is 3.30. The van der Waals surface area contributed by atoms with E-state index in [1.54, 1.807) is 6.20 Å². The van der Waals surface area contributed by atoms with Crippen molar-refractivity contribution in [3.8, 4) is 0 Å². The minimum atomic E-state index is -3.47. The van der Waals surface area contributed by atoms with E-state index in [0.717, 1.165) is 22.2 Å². The molecule has 1 unspecified atom stereocenters. The molecule has 5 nitrogen and oxygen atoms in total. The first kappa shape index (κ1) is 16.9. The molecule has 26 heavy (non-hydrogen) atoms. The number of amides is 1. The summed E-state index contributed by atoms with van der Waals surface area (Å²) in [5, 5.41) is 0.980. The van der Waals surface area contributed by atoms with E-state index in [2.05, 4.69) is 9.97 Å². The number of Topliss-reactive ketones (excluding diaryl/α,β-unsaturated/α-hetero) is 1. The van der Waals surface area contributed by atoms with Crippen LogP contribution in [0.15, 0.2) is 30.6 Å². The fraction of sp³-hybridized carbons (Fsp3) is 0.421. The van der Waals surface area contributed by atoms with Crippen LogP contribution >= 0.6 is 0 Å². The predicted molar refractivity (Wildman–Crippen MR) is 92.6 cm³/mol. The highest BCUT2D eigenvalue weighted by atomic mass is 19.3. The Bertz CT molecular complexity index is 903. The SMILES string of the molecule is O=C1CCC(C(F)(F)C(=O)N2CC=C(c3ccnc4[nH]ccc34)CC2)C1. The Hall–Kier alpha value is -2.57. The summed E-state index contributed by atoms with van der Waals surface area (Å²) in [5.41, 5.74) is 2.82. The van der Waals surface area contributed by atoms with Crippen LogP contribution in [0.1, 0.15) is 31.2 Å². The van der Waals surface area contributed by atoms with E-state index in [4.69, 9.17) is 0 Å². The maximum Gasteiger partial charge on any atom is 0.327 e. The van der Waals surface area contributed by atoms with Gasteiger partial charge < -0.3 is 9.88 Å². The number of nitrogens with one attached hydrogen (secondary N) is 1. The number of carbonyl (C=O) groups is 2. The Balaban J connectivity index is 1.51. The largest absolute Gasteiger partial charge is 0.346 e. The maximum atomic E-state index is 14.5. The lowest BCUT2D eigenvalue weighted by Gasteiger charge is -2.32. The summed E-state index contributed by atoms with van der Waals surface area (Å²) in [6.07, 6.45) is 5.90. The molecule has 2 aromatic rings. The molecule has 136 valence electrons. The van der Waals surface area contributed by atoms with E-state index in [0.29, 0.717) is 6.42 Å². The van der Waals surface area contributed by atoms with Gasteiger partial charge in [-0.3, -0.25) is 9.59 Å². The van der Waals surface area contributed by atoms with Crippen LogP contribution in [0.25, 0.3) is 16.6 Å². The second-order valence-corrected chi connectivity index (χ2v) is 6.93. The van der Waals surface area contributed by atoms with Gasteiger partial charge in [-0.25, -0.2) is 4.98 Å². The van der Waals surface area contributed by atoms with Gasteiger partial charge in [0.1, 0.15) is 11.4 Å². The Morgan fingerprint density at radius 2 is 2.15 bits per heavy atom. The van der Waals surface area contributed by atoms with Gasteiger partial charge >= 0.3 is 5.92 Å². The first-order valence-corrected chi connectivity index (χ1v) is 8.77. The number of hydrogen-bond donors (Lipinski definition) is 1. The van der Waals surface area contributed by atoms with Gasteiger partial charge in [-0.1, -0.05) is 6.08 Å². The zero-order chi connectivity index (χ0) is 18.3. The molecule has 0 bridgehead atoms. The first-order chi connectivity index (χ1) is 12.5. The molecule has 3 heterocycles. The Kier molecular flexibility index (Phi) is 4.09. The van der Waals surface area contributed by atoms with Crippen molar-refractivity contribution in [1.82, 2.24) is 14.9 Å². The number of aromatic amines is 1. The molecule has 2 aliphatic rings. The lowest BCUT2D eigenvalue weighted by Crippen LogP contribution is -2.48. The number of aromatic nitrogens is 2. The highest BCUT2D eigenvalue weighted by Gasteiger charge is 2.51. The zero-order valence-corrected chi connectivity index (χ0v) is 14.2. The molecule has 1 amide bonds. The molecule has 1 N–H and O–H groups in total. The van der Waals surface area contributed by atoms with E-state index >= 15 is 0 Å². The van der Waals surface area contributed by atoms with Crippen molar-refractivity contribution in [1.29, 1.82) is 0 Å². The first-order valence-electron chi connectivity index (χ1n) is 8.77. The van der Waals surface area contributed by atoms with Gasteiger partial charge in [-0.05, 0) is 36.1 Å². The maximum absolute atomic E-state index is 14.5. The van der Waals surface area contributed by atoms with E-state index in [1.807, 2.05) is 24.4 Å². The van der Waals surface area contributed by atoms with Crippen molar-refractivity contribution in [2.45, 2.75) is 31.6 Å². The molecular weight excluding hydrogens is 340 g/mol. The van der Waals surface area contributed by atoms with E-state index in [1.165, 1.54) is 4.90 Å². The van der Waals surface area contributed by atoms with Crippen LogP contribution in [0.4, 0.5) is 8.78 Å². The summed E-state index contributed by atoms with van der Waals surface area (Å²) >= 11 is 0. The summed E-state index contributed by atoms with van der Waals surface area (Å²) < 4.78 is 29.0. The van der Waals surface area contributed by atoms with E-state index < -0.39 is 17.7 Å². The number of hydrogen-bond acceptors (Lipinski definition) is 3. The lowest BCUT2D eigenvalue weighted by atomic mass is 9.95. The smallest absolute Gasteiger partial charge is 0.327 e. The molecule has 2 aromatic heterocycles. The quantitative estimate of drug-likeness (QED) is 0.915. The van der Waals surface area contributed by atoms with Crippen molar-refractivity contribution in [3.63, 3.8) is 0 Å². The van der Waals surface area contributed by atoms with Crippen LogP contribution in [-0.4, -0.2) is 45.6 Å². The summed E-state index contributed by atoms with van der Waals surface area (Å²) in [7, 11) is 0. The second kappa shape index (κ2) is 6.30. The number of rotatable bonds is 3. The number of pyridine rings is 1. The molecular formula is C19H19F2N3O2. The van der Waals surface area contributed by atoms with Crippen LogP contribution in [-0.2, 0) is 9.59 Å². The van der Waals surface area contributed by atoms with Crippen LogP contribution in [0.3, 0.4) is 0 Å². The van der Waals surface area contributed by atoms with Crippen LogP contribution in [0.2, 0.25) is 0 Å². The van der Waals surface area contributed by atoms with Crippen LogP contribution in [0.5, 0.6) is 0 Å². The average molecular weight is 359 g/mol. The number of fused-ring (bicyclic) bond motifs is 1. The molecule has 0 spiro atoms. The minimum Gasteiger partial charge on any atom is -0.346 e. The highest BCUT2D eigenvalue weighted by molar-refractivity contribution is 5.91. The predicted octanol–water partition coefficient (Wildman–Crippen LogP) is 3.18. The monoisotopic (exact) mass is 359 g/mol. The third kappa shape index (κ3) is 2.81. The van der Waals surface area contributed by atoms with Crippen LogP contribution in [0, 0.1) is 5.92 Å². The van der Waals surface area contributed by atoms with Gasteiger partial charge in [-0.2, -0.15) is 8.78 Å². The standard InChI is InChI=1S/C19H19F2N3O2/c20-19(21,13-1-2-14(25)11-13)18(26)24-9-5-12(6-10-24)15-3-7-22-17-16(15)4-8-23-17/h3-5,7-8,13H,1-2,6,9-11H2,(H,22,23). The fourth-order valence-electron chi connectivity index (χ4n) is 3.85. The molecule has 0 aromatic carbocycles. The topological polar surface area (TPSA) is 66.1 Å². The molecule has 1 aliphatic carbocycles. The van der Waals surface area contributed by atoms with Crippen LogP contribution < -0.4 is 0 Å². The molecule has 1 aliphatic heterocycles. The van der Waals surface area contributed by atoms with E-state index in [9.17, 15) is 18.4 Å². The van der Waals surface area contributed by atoms with Gasteiger partial charge in [0.05, 0.1) is 0 Å². The number of ketones is 1. The number of halogens is 2. The number of alkyl halides is 2. The summed E-state index contributed by atoms with van der Waals surface area (Å²) in [5.74, 6) is -5.97. The normalized spacial score (nSPS) is 21.3. The molecule has 1 atom stereocenters. The molecule has 7 heteroatoms. The third-order valence-electron chi connectivity index (χ3n) is 5.35. The summed E-state index contributed by atoms with van der Waals surface area (Å²) in [4.78, 5) is 32.2. The van der Waals surface area contributed by atoms with Crippen molar-refractivity contribution in [2.24, 2.45) is 5.92 Å².